The van der Waals surface area contributed by atoms with Crippen molar-refractivity contribution in [2.75, 3.05) is 26.2 Å². The summed E-state index contributed by atoms with van der Waals surface area (Å²) in [5.41, 5.74) is 0.972. The van der Waals surface area contributed by atoms with E-state index in [2.05, 4.69) is 14.9 Å². The highest BCUT2D eigenvalue weighted by Crippen LogP contribution is 2.15. The predicted octanol–water partition coefficient (Wildman–Crippen LogP) is 0.0577. The first kappa shape index (κ1) is 15.1. The van der Waals surface area contributed by atoms with Crippen LogP contribution < -0.4 is 5.14 Å². The van der Waals surface area contributed by atoms with Crippen LogP contribution in [0.25, 0.3) is 11.6 Å². The normalized spacial score (nSPS) is 17.7. The Kier molecular flexibility index (Phi) is 4.21. The van der Waals surface area contributed by atoms with Gasteiger partial charge in [0, 0.05) is 50.7 Å². The van der Waals surface area contributed by atoms with Gasteiger partial charge in [0.05, 0.1) is 6.26 Å². The van der Waals surface area contributed by atoms with E-state index in [9.17, 15) is 8.42 Å². The molecule has 3 heterocycles. The lowest BCUT2D eigenvalue weighted by Gasteiger charge is -2.32. The van der Waals surface area contributed by atoms with Crippen molar-refractivity contribution in [3.8, 4) is 11.6 Å². The van der Waals surface area contributed by atoms with E-state index in [1.165, 1.54) is 4.31 Å². The minimum Gasteiger partial charge on any atom is -0.461 e. The highest BCUT2D eigenvalue weighted by molar-refractivity contribution is 7.86. The van der Waals surface area contributed by atoms with Crippen LogP contribution in [0.4, 0.5) is 0 Å². The van der Waals surface area contributed by atoms with E-state index in [1.807, 2.05) is 6.07 Å². The Morgan fingerprint density at radius 3 is 2.41 bits per heavy atom. The molecule has 2 aromatic rings. The fraction of sp³-hybridized carbons (Fsp3) is 0.385. The molecule has 0 aromatic carbocycles. The van der Waals surface area contributed by atoms with Crippen LogP contribution >= 0.6 is 0 Å². The molecule has 0 atom stereocenters. The molecule has 0 unspecified atom stereocenters. The van der Waals surface area contributed by atoms with Gasteiger partial charge < -0.3 is 4.42 Å². The molecule has 0 bridgehead atoms. The Balaban J connectivity index is 1.58. The van der Waals surface area contributed by atoms with Crippen LogP contribution in [0.1, 0.15) is 5.56 Å². The van der Waals surface area contributed by atoms with E-state index in [0.717, 1.165) is 5.56 Å². The van der Waals surface area contributed by atoms with Crippen LogP contribution in [0.5, 0.6) is 0 Å². The maximum Gasteiger partial charge on any atom is 0.276 e. The summed E-state index contributed by atoms with van der Waals surface area (Å²) in [4.78, 5) is 10.7. The van der Waals surface area contributed by atoms with E-state index in [-0.39, 0.29) is 0 Å². The number of nitrogens with zero attached hydrogens (tertiary/aromatic N) is 4. The molecule has 3 rings (SSSR count). The van der Waals surface area contributed by atoms with Gasteiger partial charge >= 0.3 is 0 Å². The summed E-state index contributed by atoms with van der Waals surface area (Å²) in [6.07, 6.45) is 5.10. The Morgan fingerprint density at radius 2 is 1.86 bits per heavy atom. The highest BCUT2D eigenvalue weighted by atomic mass is 32.2. The molecule has 0 spiro atoms. The molecule has 1 fully saturated rings. The molecule has 0 aliphatic carbocycles. The number of rotatable bonds is 4. The van der Waals surface area contributed by atoms with Gasteiger partial charge in [-0.2, -0.15) is 12.7 Å². The first-order valence-electron chi connectivity index (χ1n) is 6.87. The zero-order valence-corrected chi connectivity index (χ0v) is 12.7. The summed E-state index contributed by atoms with van der Waals surface area (Å²) in [5.74, 6) is 1.18. The first-order valence-corrected chi connectivity index (χ1v) is 8.38. The van der Waals surface area contributed by atoms with Crippen molar-refractivity contribution >= 4 is 10.2 Å². The Morgan fingerprint density at radius 1 is 1.18 bits per heavy atom. The minimum absolute atomic E-state index is 0.407. The number of hydrogen-bond donors (Lipinski definition) is 1. The number of piperazine rings is 1. The molecule has 1 aliphatic heterocycles. The van der Waals surface area contributed by atoms with Gasteiger partial charge in [-0.15, -0.1) is 0 Å². The van der Waals surface area contributed by atoms with E-state index >= 15 is 0 Å². The number of nitrogens with two attached hydrogens (primary N) is 1. The zero-order chi connectivity index (χ0) is 15.6. The fourth-order valence-corrected chi connectivity index (χ4v) is 3.04. The van der Waals surface area contributed by atoms with Crippen LogP contribution in [0, 0.1) is 0 Å². The molecule has 1 aliphatic rings. The molecular weight excluding hydrogens is 306 g/mol. The topological polar surface area (TPSA) is 106 Å². The van der Waals surface area contributed by atoms with Gasteiger partial charge in [-0.1, -0.05) is 0 Å². The Bertz CT molecular complexity index is 707. The van der Waals surface area contributed by atoms with Crippen LogP contribution in [0.3, 0.4) is 0 Å². The lowest BCUT2D eigenvalue weighted by molar-refractivity contribution is 0.181. The zero-order valence-electron chi connectivity index (χ0n) is 11.9. The van der Waals surface area contributed by atoms with Crippen molar-refractivity contribution in [2.24, 2.45) is 5.14 Å². The van der Waals surface area contributed by atoms with Gasteiger partial charge in [-0.25, -0.2) is 15.1 Å². The SMILES string of the molecule is NS(=O)(=O)N1CCN(Cc2cnc(-c3ccco3)nc2)CC1. The van der Waals surface area contributed by atoms with Crippen molar-refractivity contribution in [2.45, 2.75) is 6.54 Å². The minimum atomic E-state index is -3.58. The molecular formula is C13H17N5O3S. The van der Waals surface area contributed by atoms with Crippen LogP contribution in [-0.4, -0.2) is 53.8 Å². The van der Waals surface area contributed by atoms with Gasteiger partial charge in [0.2, 0.25) is 0 Å². The average molecular weight is 323 g/mol. The van der Waals surface area contributed by atoms with Gasteiger partial charge in [-0.3, -0.25) is 4.90 Å². The van der Waals surface area contributed by atoms with Gasteiger partial charge in [0.25, 0.3) is 10.2 Å². The molecule has 118 valence electrons. The molecule has 1 saturated heterocycles. The highest BCUT2D eigenvalue weighted by Gasteiger charge is 2.23. The molecule has 2 aromatic heterocycles. The third kappa shape index (κ3) is 3.50. The second kappa shape index (κ2) is 6.13. The van der Waals surface area contributed by atoms with Gasteiger partial charge in [-0.05, 0) is 12.1 Å². The number of hydrogen-bond acceptors (Lipinski definition) is 6. The van der Waals surface area contributed by atoms with Crippen LogP contribution in [0.2, 0.25) is 0 Å². The molecule has 8 nitrogen and oxygen atoms in total. The maximum atomic E-state index is 11.3. The lowest BCUT2D eigenvalue weighted by Crippen LogP contribution is -2.50. The third-order valence-corrected chi connectivity index (χ3v) is 4.63. The van der Waals surface area contributed by atoms with Crippen molar-refractivity contribution < 1.29 is 12.8 Å². The van der Waals surface area contributed by atoms with Crippen LogP contribution in [0.15, 0.2) is 35.2 Å². The van der Waals surface area contributed by atoms with E-state index in [1.54, 1.807) is 24.7 Å². The summed E-state index contributed by atoms with van der Waals surface area (Å²) < 4.78 is 29.1. The quantitative estimate of drug-likeness (QED) is 0.853. The molecule has 9 heteroatoms. The second-order valence-electron chi connectivity index (χ2n) is 5.11. The molecule has 0 saturated carbocycles. The van der Waals surface area contributed by atoms with E-state index < -0.39 is 10.2 Å². The number of furan rings is 1. The van der Waals surface area contributed by atoms with Crippen molar-refractivity contribution in [1.82, 2.24) is 19.2 Å². The van der Waals surface area contributed by atoms with Crippen LogP contribution in [-0.2, 0) is 16.8 Å². The van der Waals surface area contributed by atoms with Crippen molar-refractivity contribution in [3.05, 3.63) is 36.4 Å². The predicted molar refractivity (Wildman–Crippen MR) is 79.7 cm³/mol. The lowest BCUT2D eigenvalue weighted by atomic mass is 10.2. The molecule has 0 radical (unpaired) electrons. The van der Waals surface area contributed by atoms with Gasteiger partial charge in [0.1, 0.15) is 0 Å². The first-order chi connectivity index (χ1) is 10.5. The average Bonchev–Trinajstić information content (AvgIpc) is 3.02. The summed E-state index contributed by atoms with van der Waals surface area (Å²) in [6, 6.07) is 3.60. The van der Waals surface area contributed by atoms with Crippen molar-refractivity contribution in [3.63, 3.8) is 0 Å². The summed E-state index contributed by atoms with van der Waals surface area (Å²) in [5, 5.41) is 5.12. The van der Waals surface area contributed by atoms with Crippen molar-refractivity contribution in [1.29, 1.82) is 0 Å². The largest absolute Gasteiger partial charge is 0.461 e. The second-order valence-corrected chi connectivity index (χ2v) is 6.66. The standard InChI is InChI=1S/C13H17N5O3S/c14-22(19,20)18-5-3-17(4-6-18)10-11-8-15-13(16-9-11)12-2-1-7-21-12/h1-2,7-9H,3-6,10H2,(H2,14,19,20). The molecule has 22 heavy (non-hydrogen) atoms. The summed E-state index contributed by atoms with van der Waals surface area (Å²) in [7, 11) is -3.58. The van der Waals surface area contributed by atoms with E-state index in [4.69, 9.17) is 9.56 Å². The number of aromatic nitrogens is 2. The third-order valence-electron chi connectivity index (χ3n) is 3.54. The fourth-order valence-electron chi connectivity index (χ4n) is 2.37. The summed E-state index contributed by atoms with van der Waals surface area (Å²) in [6.45, 7) is 2.76. The monoisotopic (exact) mass is 323 g/mol. The Labute approximate surface area is 128 Å². The van der Waals surface area contributed by atoms with E-state index in [0.29, 0.717) is 44.3 Å². The summed E-state index contributed by atoms with van der Waals surface area (Å²) >= 11 is 0. The van der Waals surface area contributed by atoms with Gasteiger partial charge in [0.15, 0.2) is 11.6 Å². The maximum absolute atomic E-state index is 11.3. The molecule has 2 N–H and O–H groups in total. The smallest absolute Gasteiger partial charge is 0.276 e. The Hall–Kier alpha value is -1.81. The molecule has 0 amide bonds.